The van der Waals surface area contributed by atoms with Crippen LogP contribution in [-0.2, 0) is 13.1 Å². The minimum absolute atomic E-state index is 0.385. The van der Waals surface area contributed by atoms with Gasteiger partial charge in [0.25, 0.3) is 0 Å². The van der Waals surface area contributed by atoms with Crippen LogP contribution in [0.25, 0.3) is 11.3 Å². The first-order valence-electron chi connectivity index (χ1n) is 7.58. The maximum Gasteiger partial charge on any atom is 0.245 e. The van der Waals surface area contributed by atoms with Gasteiger partial charge in [-0.2, -0.15) is 0 Å². The van der Waals surface area contributed by atoms with Gasteiger partial charge in [0.2, 0.25) is 11.3 Å². The lowest BCUT2D eigenvalue weighted by Crippen LogP contribution is -2.20. The van der Waals surface area contributed by atoms with E-state index in [0.717, 1.165) is 10.7 Å². The summed E-state index contributed by atoms with van der Waals surface area (Å²) in [6.07, 6.45) is 0. The van der Waals surface area contributed by atoms with Gasteiger partial charge in [-0.3, -0.25) is 0 Å². The molecule has 4 heterocycles. The molecule has 0 aliphatic rings. The molecule has 0 radical (unpaired) electrons. The summed E-state index contributed by atoms with van der Waals surface area (Å²) in [6, 6.07) is 4.10. The second kappa shape index (κ2) is 6.73. The zero-order valence-electron chi connectivity index (χ0n) is 13.6. The van der Waals surface area contributed by atoms with Crippen molar-refractivity contribution in [3.8, 4) is 0 Å². The fraction of sp³-hybridized carbons (Fsp3) is 0.267. The minimum atomic E-state index is 0.385. The average Bonchev–Trinajstić information content (AvgIpc) is 3.33. The highest BCUT2D eigenvalue weighted by molar-refractivity contribution is 7.10. The molecule has 4 rings (SSSR count). The van der Waals surface area contributed by atoms with Crippen molar-refractivity contribution >= 4 is 45.6 Å². The lowest BCUT2D eigenvalue weighted by Gasteiger charge is -2.19. The van der Waals surface area contributed by atoms with Crippen molar-refractivity contribution in [2.45, 2.75) is 20.0 Å². The monoisotopic (exact) mass is 373 g/mol. The van der Waals surface area contributed by atoms with Crippen molar-refractivity contribution in [1.29, 1.82) is 0 Å². The molecule has 0 spiro atoms. The van der Waals surface area contributed by atoms with Crippen LogP contribution in [0, 0.1) is 6.92 Å². The molecule has 10 heteroatoms. The van der Waals surface area contributed by atoms with Gasteiger partial charge < -0.3 is 10.2 Å². The molecule has 0 aliphatic heterocycles. The van der Waals surface area contributed by atoms with Gasteiger partial charge in [-0.1, -0.05) is 6.07 Å². The largest absolute Gasteiger partial charge is 0.362 e. The zero-order chi connectivity index (χ0) is 17.2. The lowest BCUT2D eigenvalue weighted by atomic mass is 10.4. The van der Waals surface area contributed by atoms with Gasteiger partial charge in [-0.15, -0.1) is 22.7 Å². The molecule has 0 fully saturated rings. The normalized spacial score (nSPS) is 11.1. The maximum absolute atomic E-state index is 4.75. The number of rotatable bonds is 6. The summed E-state index contributed by atoms with van der Waals surface area (Å²) >= 11 is 3.32. The average molecular weight is 373 g/mol. The van der Waals surface area contributed by atoms with E-state index >= 15 is 0 Å². The molecule has 128 valence electrons. The smallest absolute Gasteiger partial charge is 0.245 e. The molecule has 0 saturated heterocycles. The molecule has 1 N–H and O–H groups in total. The number of aryl methyl sites for hydroxylation is 1. The highest BCUT2D eigenvalue weighted by Crippen LogP contribution is 2.25. The van der Waals surface area contributed by atoms with E-state index in [1.54, 1.807) is 22.7 Å². The predicted octanol–water partition coefficient (Wildman–Crippen LogP) is 3.09. The summed E-state index contributed by atoms with van der Waals surface area (Å²) in [5.41, 5.74) is 1.77. The number of aromatic nitrogens is 5. The molecule has 4 aromatic rings. The number of thiazole rings is 1. The van der Waals surface area contributed by atoms with Crippen LogP contribution in [-0.4, -0.2) is 32.3 Å². The van der Waals surface area contributed by atoms with Crippen molar-refractivity contribution in [2.24, 2.45) is 0 Å². The van der Waals surface area contributed by atoms with Gasteiger partial charge in [-0.05, 0) is 28.7 Å². The maximum atomic E-state index is 4.75. The molecule has 0 aromatic carbocycles. The molecule has 0 atom stereocenters. The Morgan fingerprint density at radius 1 is 1.16 bits per heavy atom. The van der Waals surface area contributed by atoms with E-state index in [9.17, 15) is 0 Å². The lowest BCUT2D eigenvalue weighted by molar-refractivity contribution is 0.314. The Balaban J connectivity index is 1.63. The first-order chi connectivity index (χ1) is 12.2. The first kappa shape index (κ1) is 15.9. The van der Waals surface area contributed by atoms with Gasteiger partial charge in [-0.25, -0.2) is 19.6 Å². The van der Waals surface area contributed by atoms with Crippen molar-refractivity contribution in [2.75, 3.05) is 17.3 Å². The van der Waals surface area contributed by atoms with Crippen LogP contribution < -0.4 is 10.2 Å². The van der Waals surface area contributed by atoms with Gasteiger partial charge >= 0.3 is 0 Å². The standard InChI is InChI=1S/C15H15N7OS2/c1-9-17-10(8-25-9)7-22(2)15-14(16-6-11-4-3-5-24-11)18-12-13(19-15)21-23-20-12/h3-5,8H,6-7H2,1-2H3,(H,16,18,20). The summed E-state index contributed by atoms with van der Waals surface area (Å²) in [5, 5.41) is 16.1. The molecule has 8 nitrogen and oxygen atoms in total. The van der Waals surface area contributed by atoms with Crippen LogP contribution in [0.1, 0.15) is 15.6 Å². The quantitative estimate of drug-likeness (QED) is 0.551. The van der Waals surface area contributed by atoms with Gasteiger partial charge in [0.05, 0.1) is 23.8 Å². The van der Waals surface area contributed by atoms with E-state index in [1.807, 2.05) is 35.7 Å². The number of nitrogens with zero attached hydrogens (tertiary/aromatic N) is 6. The molecule has 0 amide bonds. The number of thiophene rings is 1. The number of hydrogen-bond donors (Lipinski definition) is 1. The van der Waals surface area contributed by atoms with Gasteiger partial charge in [0.1, 0.15) is 0 Å². The van der Waals surface area contributed by atoms with Crippen molar-refractivity contribution in [1.82, 2.24) is 25.3 Å². The van der Waals surface area contributed by atoms with E-state index in [4.69, 9.17) is 4.63 Å². The van der Waals surface area contributed by atoms with E-state index in [-0.39, 0.29) is 0 Å². The van der Waals surface area contributed by atoms with E-state index in [2.05, 4.69) is 36.6 Å². The molecule has 0 unspecified atom stereocenters. The number of anilines is 2. The van der Waals surface area contributed by atoms with Crippen LogP contribution in [0.3, 0.4) is 0 Å². The van der Waals surface area contributed by atoms with Gasteiger partial charge in [0, 0.05) is 17.3 Å². The number of fused-ring (bicyclic) bond motifs is 1. The third-order valence-corrected chi connectivity index (χ3v) is 5.23. The molecule has 4 aromatic heterocycles. The number of nitrogens with one attached hydrogen (secondary N) is 1. The topological polar surface area (TPSA) is 92.9 Å². The fourth-order valence-corrected chi connectivity index (χ4v) is 3.65. The van der Waals surface area contributed by atoms with Crippen LogP contribution >= 0.6 is 22.7 Å². The SMILES string of the molecule is Cc1nc(CN(C)c2nc3nonc3nc2NCc2cccs2)cs1. The van der Waals surface area contributed by atoms with Crippen LogP contribution in [0.4, 0.5) is 11.6 Å². The fourth-order valence-electron chi connectivity index (χ4n) is 2.40. The third kappa shape index (κ3) is 3.44. The third-order valence-electron chi connectivity index (χ3n) is 3.53. The second-order valence-corrected chi connectivity index (χ2v) is 7.55. The predicted molar refractivity (Wildman–Crippen MR) is 98.0 cm³/mol. The summed E-state index contributed by atoms with van der Waals surface area (Å²) in [7, 11) is 1.95. The van der Waals surface area contributed by atoms with Gasteiger partial charge in [0.15, 0.2) is 11.6 Å². The van der Waals surface area contributed by atoms with E-state index in [1.165, 1.54) is 4.88 Å². The van der Waals surface area contributed by atoms with Crippen molar-refractivity contribution in [3.05, 3.63) is 38.5 Å². The van der Waals surface area contributed by atoms with Crippen LogP contribution in [0.5, 0.6) is 0 Å². The highest BCUT2D eigenvalue weighted by atomic mass is 32.1. The highest BCUT2D eigenvalue weighted by Gasteiger charge is 2.17. The van der Waals surface area contributed by atoms with E-state index in [0.29, 0.717) is 36.0 Å². The zero-order valence-corrected chi connectivity index (χ0v) is 15.3. The Labute approximate surface area is 151 Å². The molecule has 0 bridgehead atoms. The Bertz CT molecular complexity index is 979. The Morgan fingerprint density at radius 2 is 2.00 bits per heavy atom. The van der Waals surface area contributed by atoms with Crippen molar-refractivity contribution in [3.63, 3.8) is 0 Å². The molecular weight excluding hydrogens is 358 g/mol. The molecule has 25 heavy (non-hydrogen) atoms. The van der Waals surface area contributed by atoms with E-state index < -0.39 is 0 Å². The molecule has 0 aliphatic carbocycles. The Morgan fingerprint density at radius 3 is 2.72 bits per heavy atom. The summed E-state index contributed by atoms with van der Waals surface area (Å²) in [6.45, 7) is 3.29. The summed E-state index contributed by atoms with van der Waals surface area (Å²) in [5.74, 6) is 1.33. The first-order valence-corrected chi connectivity index (χ1v) is 9.33. The van der Waals surface area contributed by atoms with Crippen LogP contribution in [0.2, 0.25) is 0 Å². The Kier molecular flexibility index (Phi) is 4.28. The molecular formula is C15H15N7OS2. The van der Waals surface area contributed by atoms with Crippen molar-refractivity contribution < 1.29 is 4.63 Å². The number of hydrogen-bond acceptors (Lipinski definition) is 10. The molecule has 0 saturated carbocycles. The minimum Gasteiger partial charge on any atom is -0.362 e. The summed E-state index contributed by atoms with van der Waals surface area (Å²) in [4.78, 5) is 16.8. The Hall–Kier alpha value is -2.59. The summed E-state index contributed by atoms with van der Waals surface area (Å²) < 4.78 is 4.75. The second-order valence-electron chi connectivity index (χ2n) is 5.45. The van der Waals surface area contributed by atoms with Crippen LogP contribution in [0.15, 0.2) is 27.5 Å².